The van der Waals surface area contributed by atoms with Crippen LogP contribution in [0.1, 0.15) is 19.3 Å². The molecule has 3 nitrogen and oxygen atoms in total. The van der Waals surface area contributed by atoms with E-state index in [-0.39, 0.29) is 6.03 Å². The molecule has 0 aromatic rings. The van der Waals surface area contributed by atoms with E-state index in [2.05, 4.69) is 0 Å². The van der Waals surface area contributed by atoms with Crippen molar-refractivity contribution in [3.63, 3.8) is 0 Å². The highest BCUT2D eigenvalue weighted by Gasteiger charge is 2.23. The summed E-state index contributed by atoms with van der Waals surface area (Å²) in [6.45, 7) is 3.84. The first-order chi connectivity index (χ1) is 6.88. The van der Waals surface area contributed by atoms with E-state index >= 15 is 0 Å². The van der Waals surface area contributed by atoms with E-state index in [1.807, 2.05) is 21.6 Å². The van der Waals surface area contributed by atoms with Gasteiger partial charge in [-0.25, -0.2) is 4.79 Å². The highest BCUT2D eigenvalue weighted by molar-refractivity contribution is 7.99. The molecule has 2 heterocycles. The van der Waals surface area contributed by atoms with Gasteiger partial charge in [0.1, 0.15) is 0 Å². The van der Waals surface area contributed by atoms with Crippen LogP contribution in [0.3, 0.4) is 0 Å². The summed E-state index contributed by atoms with van der Waals surface area (Å²) in [6.07, 6.45) is 3.67. The van der Waals surface area contributed by atoms with E-state index in [0.717, 1.165) is 37.7 Å². The molecule has 0 saturated carbocycles. The lowest BCUT2D eigenvalue weighted by Gasteiger charge is -2.34. The van der Waals surface area contributed by atoms with Crippen molar-refractivity contribution in [2.75, 3.05) is 37.7 Å². The molecule has 2 aliphatic heterocycles. The van der Waals surface area contributed by atoms with Gasteiger partial charge in [-0.1, -0.05) is 0 Å². The van der Waals surface area contributed by atoms with Crippen molar-refractivity contribution < 1.29 is 4.79 Å². The molecule has 0 spiro atoms. The first-order valence-corrected chi connectivity index (χ1v) is 6.65. The van der Waals surface area contributed by atoms with Crippen molar-refractivity contribution in [3.05, 3.63) is 0 Å². The summed E-state index contributed by atoms with van der Waals surface area (Å²) >= 11 is 1.95. The Balaban J connectivity index is 1.85. The minimum Gasteiger partial charge on any atom is -0.325 e. The number of likely N-dealkylation sites (tertiary alicyclic amines) is 1. The first kappa shape index (κ1) is 10.1. The van der Waals surface area contributed by atoms with Gasteiger partial charge in [0.25, 0.3) is 0 Å². The van der Waals surface area contributed by atoms with E-state index in [9.17, 15) is 4.79 Å². The smallest absolute Gasteiger partial charge is 0.320 e. The molecular formula is C10H18N2OS. The number of carbonyl (C=O) groups excluding carboxylic acids is 1. The highest BCUT2D eigenvalue weighted by Crippen LogP contribution is 2.15. The van der Waals surface area contributed by atoms with Gasteiger partial charge >= 0.3 is 6.03 Å². The number of hydrogen-bond acceptors (Lipinski definition) is 2. The van der Waals surface area contributed by atoms with Crippen LogP contribution in [-0.2, 0) is 0 Å². The van der Waals surface area contributed by atoms with Gasteiger partial charge in [0, 0.05) is 37.7 Å². The van der Waals surface area contributed by atoms with Crippen LogP contribution in [0.25, 0.3) is 0 Å². The molecule has 4 heteroatoms. The molecule has 2 fully saturated rings. The number of thioether (sulfide) groups is 1. The number of rotatable bonds is 0. The summed E-state index contributed by atoms with van der Waals surface area (Å²) in [5, 5.41) is 0. The van der Waals surface area contributed by atoms with Gasteiger partial charge in [-0.05, 0) is 19.3 Å². The van der Waals surface area contributed by atoms with Crippen LogP contribution in [-0.4, -0.2) is 53.5 Å². The molecule has 0 unspecified atom stereocenters. The lowest BCUT2D eigenvalue weighted by atomic mass is 10.1. The lowest BCUT2D eigenvalue weighted by molar-refractivity contribution is 0.147. The predicted octanol–water partition coefficient (Wildman–Crippen LogP) is 1.64. The molecule has 0 radical (unpaired) electrons. The second-order valence-electron chi connectivity index (χ2n) is 3.93. The molecule has 0 N–H and O–H groups in total. The normalized spacial score (nSPS) is 23.7. The average molecular weight is 214 g/mol. The van der Waals surface area contributed by atoms with Crippen molar-refractivity contribution >= 4 is 17.8 Å². The Labute approximate surface area is 89.8 Å². The van der Waals surface area contributed by atoms with Gasteiger partial charge in [0.2, 0.25) is 0 Å². The Hall–Kier alpha value is -0.380. The predicted molar refractivity (Wildman–Crippen MR) is 59.7 cm³/mol. The van der Waals surface area contributed by atoms with Crippen LogP contribution < -0.4 is 0 Å². The zero-order valence-corrected chi connectivity index (χ0v) is 9.39. The Morgan fingerprint density at radius 1 is 0.857 bits per heavy atom. The average Bonchev–Trinajstić information content (AvgIpc) is 2.30. The molecule has 0 aliphatic carbocycles. The Morgan fingerprint density at radius 2 is 1.43 bits per heavy atom. The summed E-state index contributed by atoms with van der Waals surface area (Å²) in [4.78, 5) is 16.0. The van der Waals surface area contributed by atoms with Crippen LogP contribution in [0.2, 0.25) is 0 Å². The van der Waals surface area contributed by atoms with Crippen LogP contribution in [0.4, 0.5) is 4.79 Å². The molecule has 0 aromatic carbocycles. The molecule has 2 amide bonds. The number of piperidine rings is 1. The summed E-state index contributed by atoms with van der Waals surface area (Å²) in [5.41, 5.74) is 0. The fourth-order valence-corrected chi connectivity index (χ4v) is 2.94. The Bertz CT molecular complexity index is 178. The zero-order valence-electron chi connectivity index (χ0n) is 8.57. The number of carbonyl (C=O) groups is 1. The summed E-state index contributed by atoms with van der Waals surface area (Å²) in [5.74, 6) is 2.22. The third-order valence-electron chi connectivity index (χ3n) is 2.91. The summed E-state index contributed by atoms with van der Waals surface area (Å²) in [6, 6.07) is 0.282. The third kappa shape index (κ3) is 2.35. The van der Waals surface area contributed by atoms with E-state index in [1.165, 1.54) is 19.3 Å². The molecule has 0 atom stereocenters. The second kappa shape index (κ2) is 4.91. The number of urea groups is 1. The first-order valence-electron chi connectivity index (χ1n) is 5.49. The van der Waals surface area contributed by atoms with Crippen molar-refractivity contribution in [1.82, 2.24) is 9.80 Å². The van der Waals surface area contributed by atoms with E-state index in [4.69, 9.17) is 0 Å². The maximum Gasteiger partial charge on any atom is 0.320 e. The van der Waals surface area contributed by atoms with Crippen molar-refractivity contribution in [3.8, 4) is 0 Å². The Kier molecular flexibility index (Phi) is 3.56. The van der Waals surface area contributed by atoms with Gasteiger partial charge in [-0.15, -0.1) is 0 Å². The molecule has 0 aromatic heterocycles. The summed E-state index contributed by atoms with van der Waals surface area (Å²) in [7, 11) is 0. The van der Waals surface area contributed by atoms with Crippen LogP contribution in [0.15, 0.2) is 0 Å². The standard InChI is InChI=1S/C10H18N2OS/c13-10(11-4-2-1-3-5-11)12-6-8-14-9-7-12/h1-9H2. The molecule has 80 valence electrons. The van der Waals surface area contributed by atoms with Crippen LogP contribution >= 0.6 is 11.8 Å². The van der Waals surface area contributed by atoms with Crippen LogP contribution in [0, 0.1) is 0 Å². The number of hydrogen-bond donors (Lipinski definition) is 0. The van der Waals surface area contributed by atoms with Gasteiger partial charge in [0.15, 0.2) is 0 Å². The highest BCUT2D eigenvalue weighted by atomic mass is 32.2. The monoisotopic (exact) mass is 214 g/mol. The maximum atomic E-state index is 12.0. The van der Waals surface area contributed by atoms with Crippen LogP contribution in [0.5, 0.6) is 0 Å². The van der Waals surface area contributed by atoms with Crippen molar-refractivity contribution in [2.45, 2.75) is 19.3 Å². The maximum absolute atomic E-state index is 12.0. The molecule has 2 rings (SSSR count). The van der Waals surface area contributed by atoms with E-state index in [0.29, 0.717) is 0 Å². The number of amides is 2. The minimum atomic E-state index is 0.282. The topological polar surface area (TPSA) is 23.6 Å². The molecular weight excluding hydrogens is 196 g/mol. The quantitative estimate of drug-likeness (QED) is 0.612. The van der Waals surface area contributed by atoms with E-state index in [1.54, 1.807) is 0 Å². The lowest BCUT2D eigenvalue weighted by Crippen LogP contribution is -2.48. The third-order valence-corrected chi connectivity index (χ3v) is 3.85. The van der Waals surface area contributed by atoms with Gasteiger partial charge in [0.05, 0.1) is 0 Å². The molecule has 2 saturated heterocycles. The SMILES string of the molecule is O=C(N1CCCCC1)N1CCSCC1. The molecule has 2 aliphatic rings. The van der Waals surface area contributed by atoms with Gasteiger partial charge in [-0.3, -0.25) is 0 Å². The fourth-order valence-electron chi connectivity index (χ4n) is 2.04. The molecule has 14 heavy (non-hydrogen) atoms. The molecule has 0 bridgehead atoms. The van der Waals surface area contributed by atoms with Crippen molar-refractivity contribution in [2.24, 2.45) is 0 Å². The Morgan fingerprint density at radius 3 is 2.07 bits per heavy atom. The summed E-state index contributed by atoms with van der Waals surface area (Å²) < 4.78 is 0. The second-order valence-corrected chi connectivity index (χ2v) is 5.15. The van der Waals surface area contributed by atoms with Crippen molar-refractivity contribution in [1.29, 1.82) is 0 Å². The van der Waals surface area contributed by atoms with Gasteiger partial charge < -0.3 is 9.80 Å². The van der Waals surface area contributed by atoms with Gasteiger partial charge in [-0.2, -0.15) is 11.8 Å². The number of nitrogens with zero attached hydrogens (tertiary/aromatic N) is 2. The zero-order chi connectivity index (χ0) is 9.80. The van der Waals surface area contributed by atoms with E-state index < -0.39 is 0 Å². The fraction of sp³-hybridized carbons (Fsp3) is 0.900. The largest absolute Gasteiger partial charge is 0.325 e. The minimum absolute atomic E-state index is 0.282.